The van der Waals surface area contributed by atoms with Gasteiger partial charge in [0.2, 0.25) is 5.91 Å². The Morgan fingerprint density at radius 3 is 2.52 bits per heavy atom. The first-order valence-electron chi connectivity index (χ1n) is 9.09. The third kappa shape index (κ3) is 7.53. The Kier molecular flexibility index (Phi) is 10.5. The van der Waals surface area contributed by atoms with Gasteiger partial charge < -0.3 is 20.3 Å². The number of halogens is 1. The molecule has 1 heterocycles. The summed E-state index contributed by atoms with van der Waals surface area (Å²) in [6.07, 6.45) is 0. The summed E-state index contributed by atoms with van der Waals surface area (Å²) in [5.41, 5.74) is 2.28. The average Bonchev–Trinajstić information content (AvgIpc) is 2.65. The number of benzene rings is 1. The van der Waals surface area contributed by atoms with E-state index in [0.717, 1.165) is 56.5 Å². The molecule has 1 aromatic carbocycles. The van der Waals surface area contributed by atoms with Gasteiger partial charge in [-0.2, -0.15) is 0 Å². The van der Waals surface area contributed by atoms with Crippen molar-refractivity contribution < 1.29 is 9.53 Å². The summed E-state index contributed by atoms with van der Waals surface area (Å²) in [6, 6.07) is 6.19. The summed E-state index contributed by atoms with van der Waals surface area (Å²) >= 11 is 0. The molecule has 1 aliphatic heterocycles. The van der Waals surface area contributed by atoms with E-state index in [2.05, 4.69) is 39.6 Å². The Morgan fingerprint density at radius 2 is 1.93 bits per heavy atom. The Morgan fingerprint density at radius 1 is 1.22 bits per heavy atom. The van der Waals surface area contributed by atoms with E-state index in [4.69, 9.17) is 4.74 Å². The first kappa shape index (κ1) is 23.5. The van der Waals surface area contributed by atoms with Crippen LogP contribution in [0.1, 0.15) is 18.1 Å². The number of aliphatic imine (C=N–C) groups is 1. The maximum Gasteiger partial charge on any atom is 0.219 e. The normalized spacial score (nSPS) is 15.1. The lowest BCUT2D eigenvalue weighted by Gasteiger charge is -2.34. The van der Waals surface area contributed by atoms with Crippen molar-refractivity contribution in [1.82, 2.24) is 20.4 Å². The third-order valence-electron chi connectivity index (χ3n) is 4.65. The number of carbonyl (C=O) groups is 1. The topological polar surface area (TPSA) is 69.2 Å². The van der Waals surface area contributed by atoms with E-state index in [1.165, 1.54) is 5.56 Å². The van der Waals surface area contributed by atoms with Crippen molar-refractivity contribution in [2.45, 2.75) is 20.4 Å². The third-order valence-corrected chi connectivity index (χ3v) is 4.65. The van der Waals surface area contributed by atoms with Gasteiger partial charge in [-0.1, -0.05) is 12.1 Å². The highest BCUT2D eigenvalue weighted by Crippen LogP contribution is 2.19. The molecule has 152 valence electrons. The van der Waals surface area contributed by atoms with Gasteiger partial charge in [-0.15, -0.1) is 24.0 Å². The van der Waals surface area contributed by atoms with E-state index in [1.807, 2.05) is 11.0 Å². The molecule has 0 aliphatic carbocycles. The summed E-state index contributed by atoms with van der Waals surface area (Å²) in [4.78, 5) is 19.9. The number of hydrogen-bond acceptors (Lipinski definition) is 4. The molecule has 0 bridgehead atoms. The molecule has 0 saturated carbocycles. The van der Waals surface area contributed by atoms with Crippen LogP contribution >= 0.6 is 24.0 Å². The lowest BCUT2D eigenvalue weighted by atomic mass is 10.1. The highest BCUT2D eigenvalue weighted by molar-refractivity contribution is 14.0. The molecule has 1 aromatic rings. The lowest BCUT2D eigenvalue weighted by molar-refractivity contribution is -0.130. The SMILES string of the molecule is CN=C(NCCN1CCN(C(C)=O)CC1)NCc1ccc(C)cc1OC.I. The summed E-state index contributed by atoms with van der Waals surface area (Å²) in [5, 5.41) is 6.67. The number of piperazine rings is 1. The standard InChI is InChI=1S/C19H31N5O2.HI/c1-15-5-6-17(18(13-15)26-4)14-22-19(20-3)21-7-8-23-9-11-24(12-10-23)16(2)25;/h5-6,13H,7-12,14H2,1-4H3,(H2,20,21,22);1H. The lowest BCUT2D eigenvalue weighted by Crippen LogP contribution is -2.50. The summed E-state index contributed by atoms with van der Waals surface area (Å²) < 4.78 is 5.44. The van der Waals surface area contributed by atoms with E-state index in [1.54, 1.807) is 21.1 Å². The Labute approximate surface area is 179 Å². The Bertz CT molecular complexity index is 631. The second-order valence-electron chi connectivity index (χ2n) is 6.52. The second-order valence-corrected chi connectivity index (χ2v) is 6.52. The van der Waals surface area contributed by atoms with Gasteiger partial charge in [0, 0.05) is 65.3 Å². The van der Waals surface area contributed by atoms with Crippen molar-refractivity contribution in [2.75, 3.05) is 53.4 Å². The molecule has 7 nitrogen and oxygen atoms in total. The van der Waals surface area contributed by atoms with Gasteiger partial charge in [-0.3, -0.25) is 14.7 Å². The number of guanidine groups is 1. The maximum absolute atomic E-state index is 11.4. The predicted octanol–water partition coefficient (Wildman–Crippen LogP) is 1.45. The molecule has 0 atom stereocenters. The van der Waals surface area contributed by atoms with Gasteiger partial charge in [0.1, 0.15) is 5.75 Å². The molecular formula is C19H32IN5O2. The van der Waals surface area contributed by atoms with Gasteiger partial charge >= 0.3 is 0 Å². The van der Waals surface area contributed by atoms with Gasteiger partial charge in [0.25, 0.3) is 0 Å². The highest BCUT2D eigenvalue weighted by atomic mass is 127. The minimum atomic E-state index is 0. The minimum Gasteiger partial charge on any atom is -0.496 e. The molecule has 0 aromatic heterocycles. The van der Waals surface area contributed by atoms with Crippen LogP contribution in [0.5, 0.6) is 5.75 Å². The largest absolute Gasteiger partial charge is 0.496 e. The van der Waals surface area contributed by atoms with Gasteiger partial charge in [0.15, 0.2) is 5.96 Å². The number of carbonyl (C=O) groups excluding carboxylic acids is 1. The predicted molar refractivity (Wildman–Crippen MR) is 120 cm³/mol. The zero-order valence-electron chi connectivity index (χ0n) is 16.7. The molecule has 27 heavy (non-hydrogen) atoms. The van der Waals surface area contributed by atoms with Crippen LogP contribution in [-0.4, -0.2) is 75.1 Å². The molecule has 1 saturated heterocycles. The van der Waals surface area contributed by atoms with Crippen LogP contribution < -0.4 is 15.4 Å². The maximum atomic E-state index is 11.4. The van der Waals surface area contributed by atoms with Crippen LogP contribution in [0, 0.1) is 6.92 Å². The molecule has 1 fully saturated rings. The fraction of sp³-hybridized carbons (Fsp3) is 0.579. The number of amides is 1. The number of methoxy groups -OCH3 is 1. The molecule has 2 rings (SSSR count). The molecule has 0 spiro atoms. The van der Waals surface area contributed by atoms with Gasteiger partial charge in [-0.05, 0) is 18.6 Å². The Balaban J connectivity index is 0.00000364. The van der Waals surface area contributed by atoms with E-state index >= 15 is 0 Å². The fourth-order valence-corrected chi connectivity index (χ4v) is 3.02. The molecule has 1 amide bonds. The van der Waals surface area contributed by atoms with Crippen molar-refractivity contribution in [3.63, 3.8) is 0 Å². The zero-order chi connectivity index (χ0) is 18.9. The highest BCUT2D eigenvalue weighted by Gasteiger charge is 2.17. The van der Waals surface area contributed by atoms with Crippen LogP contribution in [0.25, 0.3) is 0 Å². The van der Waals surface area contributed by atoms with E-state index in [0.29, 0.717) is 6.54 Å². The second kappa shape index (κ2) is 12.0. The first-order chi connectivity index (χ1) is 12.5. The van der Waals surface area contributed by atoms with Crippen molar-refractivity contribution in [2.24, 2.45) is 4.99 Å². The van der Waals surface area contributed by atoms with Crippen molar-refractivity contribution in [1.29, 1.82) is 0 Å². The molecule has 8 heteroatoms. The molecular weight excluding hydrogens is 457 g/mol. The number of nitrogens with zero attached hydrogens (tertiary/aromatic N) is 3. The summed E-state index contributed by atoms with van der Waals surface area (Å²) in [5.74, 6) is 1.82. The Hall–Kier alpha value is -1.55. The summed E-state index contributed by atoms with van der Waals surface area (Å²) in [6.45, 7) is 9.56. The number of rotatable bonds is 6. The smallest absolute Gasteiger partial charge is 0.219 e. The minimum absolute atomic E-state index is 0. The number of aryl methyl sites for hydroxylation is 1. The van der Waals surface area contributed by atoms with Crippen LogP contribution in [-0.2, 0) is 11.3 Å². The number of ether oxygens (including phenoxy) is 1. The van der Waals surface area contributed by atoms with E-state index in [9.17, 15) is 4.79 Å². The monoisotopic (exact) mass is 489 g/mol. The number of nitrogens with one attached hydrogen (secondary N) is 2. The molecule has 2 N–H and O–H groups in total. The van der Waals surface area contributed by atoms with Crippen LogP contribution in [0.4, 0.5) is 0 Å². The first-order valence-corrected chi connectivity index (χ1v) is 9.09. The zero-order valence-corrected chi connectivity index (χ0v) is 19.1. The van der Waals surface area contributed by atoms with Crippen LogP contribution in [0.3, 0.4) is 0 Å². The van der Waals surface area contributed by atoms with Crippen molar-refractivity contribution >= 4 is 35.8 Å². The van der Waals surface area contributed by atoms with E-state index < -0.39 is 0 Å². The fourth-order valence-electron chi connectivity index (χ4n) is 3.02. The quantitative estimate of drug-likeness (QED) is 0.360. The van der Waals surface area contributed by atoms with Crippen LogP contribution in [0.15, 0.2) is 23.2 Å². The van der Waals surface area contributed by atoms with Gasteiger partial charge in [-0.25, -0.2) is 0 Å². The molecule has 0 unspecified atom stereocenters. The molecule has 1 aliphatic rings. The van der Waals surface area contributed by atoms with Crippen molar-refractivity contribution in [3.8, 4) is 5.75 Å². The van der Waals surface area contributed by atoms with Crippen molar-refractivity contribution in [3.05, 3.63) is 29.3 Å². The number of hydrogen-bond donors (Lipinski definition) is 2. The van der Waals surface area contributed by atoms with Gasteiger partial charge in [0.05, 0.1) is 7.11 Å². The average molecular weight is 489 g/mol. The van der Waals surface area contributed by atoms with Crippen LogP contribution in [0.2, 0.25) is 0 Å². The summed E-state index contributed by atoms with van der Waals surface area (Å²) in [7, 11) is 3.46. The molecule has 0 radical (unpaired) electrons. The van der Waals surface area contributed by atoms with E-state index in [-0.39, 0.29) is 29.9 Å².